The number of rotatable bonds is 1. The van der Waals surface area contributed by atoms with Crippen LogP contribution in [-0.4, -0.2) is 21.0 Å². The number of nitrogens with one attached hydrogen (secondary N) is 1. The van der Waals surface area contributed by atoms with Crippen LogP contribution in [0.2, 0.25) is 0 Å². The third-order valence-corrected chi connectivity index (χ3v) is 1.63. The van der Waals surface area contributed by atoms with Crippen molar-refractivity contribution in [2.75, 3.05) is 6.26 Å². The molecule has 44 valence electrons. The van der Waals surface area contributed by atoms with Crippen LogP contribution in [0.3, 0.4) is 0 Å². The first kappa shape index (κ1) is 5.65. The molecule has 0 aliphatic rings. The van der Waals surface area contributed by atoms with E-state index in [1.54, 1.807) is 18.5 Å². The first-order valence-corrected chi connectivity index (χ1v) is 3.69. The lowest BCUT2D eigenvalue weighted by atomic mass is 10.8. The quantitative estimate of drug-likeness (QED) is 0.550. The van der Waals surface area contributed by atoms with E-state index in [4.69, 9.17) is 0 Å². The van der Waals surface area contributed by atoms with Gasteiger partial charge in [0.05, 0.1) is 6.20 Å². The maximum Gasteiger partial charge on any atom is 0.240 e. The van der Waals surface area contributed by atoms with Crippen molar-refractivity contribution in [1.29, 1.82) is 0 Å². The lowest BCUT2D eigenvalue weighted by molar-refractivity contribution is 0.597. The summed E-state index contributed by atoms with van der Waals surface area (Å²) in [6, 6.07) is 1.69. The number of H-pyrrole nitrogens is 1. The van der Waals surface area contributed by atoms with Gasteiger partial charge in [0.25, 0.3) is 0 Å². The van der Waals surface area contributed by atoms with Gasteiger partial charge in [-0.3, -0.25) is 0 Å². The van der Waals surface area contributed by atoms with Gasteiger partial charge in [-0.2, -0.15) is 5.10 Å². The zero-order valence-corrected chi connectivity index (χ0v) is 5.23. The van der Waals surface area contributed by atoms with E-state index in [1.807, 2.05) is 0 Å². The highest BCUT2D eigenvalue weighted by Crippen LogP contribution is 1.99. The lowest BCUT2D eigenvalue weighted by Crippen LogP contribution is -1.96. The molecule has 8 heavy (non-hydrogen) atoms. The Morgan fingerprint density at radius 2 is 2.62 bits per heavy atom. The van der Waals surface area contributed by atoms with Crippen molar-refractivity contribution < 1.29 is 4.55 Å². The number of hydrogen-bond donors (Lipinski definition) is 1. The highest BCUT2D eigenvalue weighted by atomic mass is 32.2. The molecule has 1 aromatic rings. The summed E-state index contributed by atoms with van der Waals surface area (Å²) in [5, 5.41) is 6.88. The average Bonchev–Trinajstić information content (AvgIpc) is 2.12. The van der Waals surface area contributed by atoms with E-state index in [-0.39, 0.29) is 0 Å². The number of hydrogen-bond acceptors (Lipinski definition) is 2. The molecule has 0 bridgehead atoms. The maximum absolute atomic E-state index is 10.5. The summed E-state index contributed by atoms with van der Waals surface area (Å²) >= 11 is -0.916. The molecule has 0 aliphatic heterocycles. The average molecular weight is 130 g/mol. The zero-order chi connectivity index (χ0) is 5.98. The van der Waals surface area contributed by atoms with Gasteiger partial charge in [0.15, 0.2) is 0 Å². The highest BCUT2D eigenvalue weighted by Gasteiger charge is 2.01. The summed E-state index contributed by atoms with van der Waals surface area (Å²) in [5.41, 5.74) is 0. The van der Waals surface area contributed by atoms with Crippen molar-refractivity contribution in [3.63, 3.8) is 0 Å². The smallest absolute Gasteiger partial charge is 0.240 e. The molecular weight excluding hydrogens is 124 g/mol. The van der Waals surface area contributed by atoms with Crippen molar-refractivity contribution in [1.82, 2.24) is 10.2 Å². The predicted octanol–water partition coefficient (Wildman–Crippen LogP) is 0.147. The van der Waals surface area contributed by atoms with Crippen molar-refractivity contribution in [2.45, 2.75) is 5.03 Å². The lowest BCUT2D eigenvalue weighted by Gasteiger charge is -1.96. The third-order valence-electron chi connectivity index (χ3n) is 0.785. The minimum absolute atomic E-state index is 0.671. The van der Waals surface area contributed by atoms with E-state index >= 15 is 0 Å². The molecule has 0 aromatic carbocycles. The number of nitrogens with zero attached hydrogens (tertiary/aromatic N) is 1. The SMILES string of the molecule is C[S+]([O-])c1ccn[nH]1. The Kier molecular flexibility index (Phi) is 1.55. The van der Waals surface area contributed by atoms with Gasteiger partial charge in [0.1, 0.15) is 6.26 Å². The Morgan fingerprint density at radius 3 is 2.88 bits per heavy atom. The minimum Gasteiger partial charge on any atom is -0.610 e. The van der Waals surface area contributed by atoms with Crippen LogP contribution < -0.4 is 0 Å². The summed E-state index contributed by atoms with van der Waals surface area (Å²) in [6.07, 6.45) is 3.18. The van der Waals surface area contributed by atoms with Crippen LogP contribution in [0.25, 0.3) is 0 Å². The fourth-order valence-corrected chi connectivity index (χ4v) is 0.837. The molecule has 0 spiro atoms. The largest absolute Gasteiger partial charge is 0.610 e. The van der Waals surface area contributed by atoms with Crippen LogP contribution in [0.4, 0.5) is 0 Å². The summed E-state index contributed by atoms with van der Waals surface area (Å²) in [7, 11) is 0. The molecule has 4 heteroatoms. The second-order valence-electron chi connectivity index (χ2n) is 1.38. The van der Waals surface area contributed by atoms with Crippen LogP contribution in [0.15, 0.2) is 17.3 Å². The van der Waals surface area contributed by atoms with Gasteiger partial charge in [-0.1, -0.05) is 0 Å². The van der Waals surface area contributed by atoms with E-state index in [0.29, 0.717) is 5.03 Å². The van der Waals surface area contributed by atoms with Gasteiger partial charge in [-0.05, 0) is 0 Å². The minimum atomic E-state index is -0.916. The molecule has 0 saturated heterocycles. The van der Waals surface area contributed by atoms with Crippen LogP contribution >= 0.6 is 0 Å². The first-order chi connectivity index (χ1) is 3.80. The predicted molar refractivity (Wildman–Crippen MR) is 30.9 cm³/mol. The molecule has 1 unspecified atom stereocenters. The molecule has 1 heterocycles. The summed E-state index contributed by atoms with van der Waals surface area (Å²) < 4.78 is 10.5. The van der Waals surface area contributed by atoms with E-state index < -0.39 is 11.2 Å². The zero-order valence-electron chi connectivity index (χ0n) is 4.42. The Hall–Kier alpha value is -0.480. The molecule has 0 aliphatic carbocycles. The van der Waals surface area contributed by atoms with E-state index in [9.17, 15) is 4.55 Å². The molecule has 1 rings (SSSR count). The summed E-state index contributed by atoms with van der Waals surface area (Å²) in [4.78, 5) is 0. The van der Waals surface area contributed by atoms with Gasteiger partial charge < -0.3 is 4.55 Å². The Bertz CT molecular complexity index is 149. The molecule has 3 nitrogen and oxygen atoms in total. The van der Waals surface area contributed by atoms with Crippen LogP contribution in [0, 0.1) is 0 Å². The van der Waals surface area contributed by atoms with Gasteiger partial charge in [-0.15, -0.1) is 0 Å². The molecule has 0 fully saturated rings. The molecule has 1 aromatic heterocycles. The Balaban J connectivity index is 2.77. The second-order valence-corrected chi connectivity index (χ2v) is 2.72. The van der Waals surface area contributed by atoms with Gasteiger partial charge in [-0.25, -0.2) is 5.10 Å². The van der Waals surface area contributed by atoms with Gasteiger partial charge >= 0.3 is 0 Å². The standard InChI is InChI=1S/C4H6N2OS/c1-8(7)4-2-3-5-6-4/h2-3H,1H3,(H,5,6). The van der Waals surface area contributed by atoms with E-state index in [2.05, 4.69) is 10.2 Å². The first-order valence-electron chi connectivity index (χ1n) is 2.13. The van der Waals surface area contributed by atoms with Crippen LogP contribution in [0.1, 0.15) is 0 Å². The van der Waals surface area contributed by atoms with E-state index in [0.717, 1.165) is 0 Å². The molecule has 1 N–H and O–H groups in total. The topological polar surface area (TPSA) is 51.7 Å². The van der Waals surface area contributed by atoms with E-state index in [1.165, 1.54) is 0 Å². The van der Waals surface area contributed by atoms with Crippen molar-refractivity contribution >= 4 is 11.2 Å². The van der Waals surface area contributed by atoms with Crippen molar-refractivity contribution in [3.05, 3.63) is 12.3 Å². The molecular formula is C4H6N2OS. The fourth-order valence-electron chi connectivity index (χ4n) is 0.403. The molecule has 0 radical (unpaired) electrons. The van der Waals surface area contributed by atoms with Gasteiger partial charge in [0.2, 0.25) is 5.03 Å². The fraction of sp³-hybridized carbons (Fsp3) is 0.250. The molecule has 0 saturated carbocycles. The highest BCUT2D eigenvalue weighted by molar-refractivity contribution is 7.90. The van der Waals surface area contributed by atoms with Gasteiger partial charge in [0, 0.05) is 17.2 Å². The Labute approximate surface area is 50.3 Å². The van der Waals surface area contributed by atoms with Crippen LogP contribution in [-0.2, 0) is 11.2 Å². The monoisotopic (exact) mass is 130 g/mol. The van der Waals surface area contributed by atoms with Crippen molar-refractivity contribution in [2.24, 2.45) is 0 Å². The third kappa shape index (κ3) is 1.02. The number of aromatic amines is 1. The second kappa shape index (κ2) is 2.19. The summed E-state index contributed by atoms with van der Waals surface area (Å²) in [5.74, 6) is 0. The number of aromatic nitrogens is 2. The Morgan fingerprint density at radius 1 is 1.88 bits per heavy atom. The molecule has 0 amide bonds. The summed E-state index contributed by atoms with van der Waals surface area (Å²) in [6.45, 7) is 0. The maximum atomic E-state index is 10.5. The van der Waals surface area contributed by atoms with Crippen LogP contribution in [0.5, 0.6) is 0 Å². The van der Waals surface area contributed by atoms with Crippen molar-refractivity contribution in [3.8, 4) is 0 Å². The molecule has 1 atom stereocenters. The normalized spacial score (nSPS) is 13.8.